The van der Waals surface area contributed by atoms with Gasteiger partial charge in [0.1, 0.15) is 12.4 Å². The number of anilines is 1. The highest BCUT2D eigenvalue weighted by atomic mass is 16.6. The smallest absolute Gasteiger partial charge is 0.267 e. The first kappa shape index (κ1) is 15.6. The molecular weight excluding hydrogens is 320 g/mol. The molecule has 25 heavy (non-hydrogen) atoms. The van der Waals surface area contributed by atoms with Crippen molar-refractivity contribution in [2.75, 3.05) is 37.7 Å². The number of fused-ring (bicyclic) bond motifs is 1. The van der Waals surface area contributed by atoms with Crippen LogP contribution in [0.4, 0.5) is 5.69 Å². The number of ether oxygens (including phenoxy) is 2. The summed E-state index contributed by atoms with van der Waals surface area (Å²) in [6.07, 6.45) is -0.605. The highest BCUT2D eigenvalue weighted by Crippen LogP contribution is 2.32. The van der Waals surface area contributed by atoms with E-state index < -0.39 is 6.10 Å². The van der Waals surface area contributed by atoms with E-state index in [4.69, 9.17) is 9.47 Å². The average molecular weight is 340 g/mol. The number of piperazine rings is 1. The fraction of sp³-hybridized carbons (Fsp3) is 0.316. The van der Waals surface area contributed by atoms with Crippen LogP contribution in [0.3, 0.4) is 0 Å². The largest absolute Gasteiger partial charge is 0.506 e. The topological polar surface area (TPSA) is 62.2 Å². The first-order valence-electron chi connectivity index (χ1n) is 8.42. The second-order valence-corrected chi connectivity index (χ2v) is 6.17. The van der Waals surface area contributed by atoms with Crippen LogP contribution in [0.5, 0.6) is 17.2 Å². The number of phenols is 1. The van der Waals surface area contributed by atoms with Crippen LogP contribution in [-0.4, -0.2) is 54.8 Å². The number of carbonyl (C=O) groups is 1. The van der Waals surface area contributed by atoms with E-state index in [1.807, 2.05) is 36.4 Å². The van der Waals surface area contributed by atoms with Gasteiger partial charge in [-0.1, -0.05) is 24.3 Å². The third kappa shape index (κ3) is 3.07. The van der Waals surface area contributed by atoms with Crippen LogP contribution in [0.1, 0.15) is 0 Å². The molecule has 0 unspecified atom stereocenters. The number of phenolic OH excluding ortho intramolecular Hbond substituents is 1. The lowest BCUT2D eigenvalue weighted by Crippen LogP contribution is -2.54. The molecule has 1 N–H and O–H groups in total. The fourth-order valence-electron chi connectivity index (χ4n) is 3.24. The Morgan fingerprint density at radius 1 is 0.960 bits per heavy atom. The molecule has 1 atom stereocenters. The zero-order chi connectivity index (χ0) is 17.2. The van der Waals surface area contributed by atoms with Gasteiger partial charge < -0.3 is 24.4 Å². The molecule has 2 heterocycles. The molecule has 2 aliphatic heterocycles. The van der Waals surface area contributed by atoms with E-state index in [0.29, 0.717) is 37.7 Å². The SMILES string of the molecule is O=C([C@@H]1COc2ccccc2O1)N1CCN(c2ccccc2O)CC1. The predicted molar refractivity (Wildman–Crippen MR) is 93.3 cm³/mol. The normalized spacial score (nSPS) is 19.6. The Morgan fingerprint density at radius 3 is 2.40 bits per heavy atom. The number of aromatic hydroxyl groups is 1. The van der Waals surface area contributed by atoms with Gasteiger partial charge in [-0.3, -0.25) is 4.79 Å². The highest BCUT2D eigenvalue weighted by Gasteiger charge is 2.32. The number of nitrogens with zero attached hydrogens (tertiary/aromatic N) is 2. The highest BCUT2D eigenvalue weighted by molar-refractivity contribution is 5.82. The second-order valence-electron chi connectivity index (χ2n) is 6.17. The number of carbonyl (C=O) groups excluding carboxylic acids is 1. The summed E-state index contributed by atoms with van der Waals surface area (Å²) in [4.78, 5) is 16.6. The molecule has 1 amide bonds. The lowest BCUT2D eigenvalue weighted by molar-refractivity contribution is -0.141. The minimum absolute atomic E-state index is 0.0496. The van der Waals surface area contributed by atoms with Crippen molar-refractivity contribution in [1.29, 1.82) is 0 Å². The van der Waals surface area contributed by atoms with Crippen molar-refractivity contribution in [1.82, 2.24) is 4.90 Å². The number of hydrogen-bond acceptors (Lipinski definition) is 5. The van der Waals surface area contributed by atoms with E-state index in [9.17, 15) is 9.90 Å². The maximum atomic E-state index is 12.7. The minimum atomic E-state index is -0.605. The molecule has 6 nitrogen and oxygen atoms in total. The van der Waals surface area contributed by atoms with Crippen molar-refractivity contribution >= 4 is 11.6 Å². The number of rotatable bonds is 2. The maximum Gasteiger partial charge on any atom is 0.267 e. The van der Waals surface area contributed by atoms with Gasteiger partial charge in [0.15, 0.2) is 11.5 Å². The number of benzene rings is 2. The van der Waals surface area contributed by atoms with E-state index in [0.717, 1.165) is 5.69 Å². The van der Waals surface area contributed by atoms with E-state index >= 15 is 0 Å². The quantitative estimate of drug-likeness (QED) is 0.904. The van der Waals surface area contributed by atoms with Crippen molar-refractivity contribution in [2.45, 2.75) is 6.10 Å². The standard InChI is InChI=1S/C19H20N2O4/c22-15-6-2-1-5-14(15)20-9-11-21(12-10-20)19(23)18-13-24-16-7-3-4-8-17(16)25-18/h1-8,18,22H,9-13H2/t18-/m0/s1. The fourth-order valence-corrected chi connectivity index (χ4v) is 3.24. The Kier molecular flexibility index (Phi) is 4.09. The number of para-hydroxylation sites is 4. The first-order chi connectivity index (χ1) is 12.2. The predicted octanol–water partition coefficient (Wildman–Crippen LogP) is 1.88. The van der Waals surface area contributed by atoms with Gasteiger partial charge in [0.05, 0.1) is 5.69 Å². The Labute approximate surface area is 146 Å². The van der Waals surface area contributed by atoms with Gasteiger partial charge in [-0.2, -0.15) is 0 Å². The van der Waals surface area contributed by atoms with E-state index in [2.05, 4.69) is 4.90 Å². The molecule has 0 spiro atoms. The van der Waals surface area contributed by atoms with Gasteiger partial charge in [-0.05, 0) is 24.3 Å². The van der Waals surface area contributed by atoms with Crippen LogP contribution in [0.15, 0.2) is 48.5 Å². The van der Waals surface area contributed by atoms with E-state index in [-0.39, 0.29) is 18.3 Å². The molecule has 2 aromatic carbocycles. The third-order valence-corrected chi connectivity index (χ3v) is 4.60. The number of amides is 1. The Morgan fingerprint density at radius 2 is 1.64 bits per heavy atom. The van der Waals surface area contributed by atoms with Gasteiger partial charge in [-0.25, -0.2) is 0 Å². The molecule has 130 valence electrons. The van der Waals surface area contributed by atoms with Crippen molar-refractivity contribution in [3.63, 3.8) is 0 Å². The van der Waals surface area contributed by atoms with Crippen LogP contribution in [-0.2, 0) is 4.79 Å². The third-order valence-electron chi connectivity index (χ3n) is 4.60. The average Bonchev–Trinajstić information content (AvgIpc) is 2.67. The zero-order valence-electron chi connectivity index (χ0n) is 13.8. The molecule has 1 saturated heterocycles. The Balaban J connectivity index is 1.38. The molecule has 1 fully saturated rings. The van der Waals surface area contributed by atoms with E-state index in [1.165, 1.54) is 0 Å². The maximum absolute atomic E-state index is 12.7. The van der Waals surface area contributed by atoms with Crippen molar-refractivity contribution in [3.8, 4) is 17.2 Å². The van der Waals surface area contributed by atoms with Crippen LogP contribution >= 0.6 is 0 Å². The molecule has 0 bridgehead atoms. The van der Waals surface area contributed by atoms with Crippen LogP contribution in [0.25, 0.3) is 0 Å². The van der Waals surface area contributed by atoms with Crippen LogP contribution in [0, 0.1) is 0 Å². The van der Waals surface area contributed by atoms with Gasteiger partial charge in [-0.15, -0.1) is 0 Å². The Bertz CT molecular complexity index is 772. The molecule has 4 rings (SSSR count). The molecule has 6 heteroatoms. The monoisotopic (exact) mass is 340 g/mol. The summed E-state index contributed by atoms with van der Waals surface area (Å²) in [5.41, 5.74) is 0.806. The lowest BCUT2D eigenvalue weighted by Gasteiger charge is -2.38. The first-order valence-corrected chi connectivity index (χ1v) is 8.42. The number of hydrogen-bond donors (Lipinski definition) is 1. The Hall–Kier alpha value is -2.89. The molecule has 0 saturated carbocycles. The molecule has 0 aliphatic carbocycles. The van der Waals surface area contributed by atoms with Gasteiger partial charge in [0.2, 0.25) is 6.10 Å². The van der Waals surface area contributed by atoms with Gasteiger partial charge in [0, 0.05) is 26.2 Å². The summed E-state index contributed by atoms with van der Waals surface area (Å²) in [6, 6.07) is 14.7. The van der Waals surface area contributed by atoms with Crippen LogP contribution in [0.2, 0.25) is 0 Å². The zero-order valence-corrected chi connectivity index (χ0v) is 13.8. The van der Waals surface area contributed by atoms with Crippen LogP contribution < -0.4 is 14.4 Å². The van der Waals surface area contributed by atoms with Crippen molar-refractivity contribution in [2.24, 2.45) is 0 Å². The lowest BCUT2D eigenvalue weighted by atomic mass is 10.2. The molecule has 2 aromatic rings. The van der Waals surface area contributed by atoms with Crippen molar-refractivity contribution in [3.05, 3.63) is 48.5 Å². The molecule has 0 radical (unpaired) electrons. The van der Waals surface area contributed by atoms with Crippen molar-refractivity contribution < 1.29 is 19.4 Å². The minimum Gasteiger partial charge on any atom is -0.506 e. The summed E-state index contributed by atoms with van der Waals surface area (Å²) in [6.45, 7) is 2.76. The molecule has 0 aromatic heterocycles. The summed E-state index contributed by atoms with van der Waals surface area (Å²) in [7, 11) is 0. The summed E-state index contributed by atoms with van der Waals surface area (Å²) >= 11 is 0. The van der Waals surface area contributed by atoms with Gasteiger partial charge in [0.25, 0.3) is 5.91 Å². The van der Waals surface area contributed by atoms with E-state index in [1.54, 1.807) is 17.0 Å². The summed E-state index contributed by atoms with van der Waals surface area (Å²) in [5.74, 6) is 1.50. The van der Waals surface area contributed by atoms with Gasteiger partial charge >= 0.3 is 0 Å². The summed E-state index contributed by atoms with van der Waals surface area (Å²) < 4.78 is 11.4. The molecule has 2 aliphatic rings. The second kappa shape index (κ2) is 6.55. The molecular formula is C19H20N2O4. The summed E-state index contributed by atoms with van der Waals surface area (Å²) in [5, 5.41) is 9.98.